The number of nitrogens with two attached hydrogens (primary N) is 1. The number of phenolic OH excluding ortho intramolecular Hbond substituents is 1. The van der Waals surface area contributed by atoms with Gasteiger partial charge in [-0.2, -0.15) is 0 Å². The van der Waals surface area contributed by atoms with Crippen molar-refractivity contribution >= 4 is 11.8 Å². The molecule has 2 heterocycles. The first kappa shape index (κ1) is 22.3. The molecule has 0 spiro atoms. The van der Waals surface area contributed by atoms with E-state index >= 15 is 0 Å². The number of rotatable bonds is 5. The Kier molecular flexibility index (Phi) is 5.07. The van der Waals surface area contributed by atoms with Crippen LogP contribution in [-0.4, -0.2) is 52.0 Å². The summed E-state index contributed by atoms with van der Waals surface area (Å²) in [6.07, 6.45) is 6.02. The summed E-state index contributed by atoms with van der Waals surface area (Å²) in [5, 5.41) is 12.9. The second-order valence-corrected chi connectivity index (χ2v) is 11.1. The highest BCUT2D eigenvalue weighted by molar-refractivity contribution is 5.97. The molecule has 8 heteroatoms. The van der Waals surface area contributed by atoms with Crippen LogP contribution in [0.25, 0.3) is 0 Å². The molecule has 1 aliphatic heterocycles. The van der Waals surface area contributed by atoms with Gasteiger partial charge in [-0.05, 0) is 98.7 Å². The number of phenols is 1. The van der Waals surface area contributed by atoms with Crippen molar-refractivity contribution in [1.29, 1.82) is 0 Å². The number of amides is 2. The molecule has 35 heavy (non-hydrogen) atoms. The second kappa shape index (κ2) is 7.95. The second-order valence-electron chi connectivity index (χ2n) is 11.1. The van der Waals surface area contributed by atoms with Gasteiger partial charge in [0.15, 0.2) is 0 Å². The molecule has 4 atom stereocenters. The molecule has 1 aromatic carbocycles. The van der Waals surface area contributed by atoms with Crippen LogP contribution in [0.3, 0.4) is 0 Å². The number of nitrogens with one attached hydrogen (secondary N) is 2. The lowest BCUT2D eigenvalue weighted by atomic mass is 9.52. The maximum atomic E-state index is 12.9. The predicted molar refractivity (Wildman–Crippen MR) is 130 cm³/mol. The van der Waals surface area contributed by atoms with E-state index in [2.05, 4.69) is 21.3 Å². The molecule has 1 unspecified atom stereocenters. The van der Waals surface area contributed by atoms with E-state index in [0.29, 0.717) is 18.4 Å². The molecule has 2 amide bonds. The molecule has 0 radical (unpaired) electrons. The van der Waals surface area contributed by atoms with Gasteiger partial charge in [0.1, 0.15) is 17.4 Å². The van der Waals surface area contributed by atoms with E-state index in [1.165, 1.54) is 30.9 Å². The summed E-state index contributed by atoms with van der Waals surface area (Å²) >= 11 is 0. The number of benzene rings is 1. The molecule has 3 aliphatic carbocycles. The Labute approximate surface area is 203 Å². The number of hydrogen-bond donors (Lipinski definition) is 4. The van der Waals surface area contributed by atoms with E-state index in [9.17, 15) is 19.5 Å². The van der Waals surface area contributed by atoms with Gasteiger partial charge in [-0.1, -0.05) is 6.07 Å². The first-order valence-corrected chi connectivity index (χ1v) is 12.7. The number of piperidine rings is 1. The minimum atomic E-state index is -0.862. The number of hydrogen-bond acceptors (Lipinski definition) is 5. The number of carbonyl (C=O) groups is 2. The quantitative estimate of drug-likeness (QED) is 0.518. The van der Waals surface area contributed by atoms with E-state index in [1.54, 1.807) is 12.1 Å². The monoisotopic (exact) mass is 476 g/mol. The molecule has 184 valence electrons. The Hall–Kier alpha value is -3.13. The number of aromatic amines is 1. The van der Waals surface area contributed by atoms with Crippen molar-refractivity contribution in [3.8, 4) is 5.75 Å². The van der Waals surface area contributed by atoms with Gasteiger partial charge in [-0.25, -0.2) is 0 Å². The van der Waals surface area contributed by atoms with Crippen molar-refractivity contribution in [2.45, 2.75) is 62.9 Å². The number of carbonyl (C=O) groups excluding carboxylic acids is 2. The molecule has 2 aromatic rings. The van der Waals surface area contributed by atoms with Crippen LogP contribution in [0.1, 0.15) is 58.9 Å². The Bertz CT molecular complexity index is 1280. The topological polar surface area (TPSA) is 129 Å². The highest BCUT2D eigenvalue weighted by atomic mass is 16.3. The van der Waals surface area contributed by atoms with Gasteiger partial charge >= 0.3 is 0 Å². The van der Waals surface area contributed by atoms with Crippen molar-refractivity contribution in [3.05, 3.63) is 62.6 Å². The van der Waals surface area contributed by atoms with Crippen molar-refractivity contribution < 1.29 is 14.7 Å². The summed E-state index contributed by atoms with van der Waals surface area (Å²) in [6, 6.07) is 7.04. The molecule has 2 fully saturated rings. The fourth-order valence-corrected chi connectivity index (χ4v) is 6.88. The number of nitrogens with zero attached hydrogens (tertiary/aromatic N) is 1. The number of aromatic nitrogens is 1. The lowest BCUT2D eigenvalue weighted by molar-refractivity contribution is -0.119. The van der Waals surface area contributed by atoms with Crippen LogP contribution in [0.15, 0.2) is 29.1 Å². The van der Waals surface area contributed by atoms with E-state index in [-0.39, 0.29) is 16.7 Å². The zero-order chi connectivity index (χ0) is 24.5. The van der Waals surface area contributed by atoms with E-state index in [4.69, 9.17) is 5.73 Å². The zero-order valence-electron chi connectivity index (χ0n) is 20.0. The molecule has 4 aliphatic rings. The van der Waals surface area contributed by atoms with Crippen LogP contribution < -0.4 is 16.6 Å². The molecule has 6 rings (SSSR count). The van der Waals surface area contributed by atoms with Crippen LogP contribution in [0, 0.1) is 11.8 Å². The van der Waals surface area contributed by atoms with E-state index < -0.39 is 23.4 Å². The molecule has 2 bridgehead atoms. The lowest BCUT2D eigenvalue weighted by Crippen LogP contribution is -2.63. The summed E-state index contributed by atoms with van der Waals surface area (Å²) in [5.41, 5.74) is 9.07. The van der Waals surface area contributed by atoms with Gasteiger partial charge in [0.2, 0.25) is 5.91 Å². The number of aromatic hydroxyl groups is 1. The third-order valence-electron chi connectivity index (χ3n) is 8.90. The van der Waals surface area contributed by atoms with Crippen molar-refractivity contribution in [2.75, 3.05) is 13.1 Å². The van der Waals surface area contributed by atoms with Gasteiger partial charge in [-0.15, -0.1) is 0 Å². The van der Waals surface area contributed by atoms with Gasteiger partial charge < -0.3 is 21.1 Å². The number of fused-ring (bicyclic) bond motifs is 2. The standard InChI is InChI=1S/C27H32N4O4/c1-14(24(28)33)29-25(34)19-8-17-9-21-23-10-16-4-5-18(32)11-20(16)27(21,12-22(17)30-26(19)35)6-7-31(23)13-15-2-3-15/h4-5,8,11,14-15,21,23,32H,2-3,6-7,9-10,12-13H2,1H3,(H2,28,33)(H,29,34)(H,30,35)/t14-,21-,23+,27?/m0/s1. The smallest absolute Gasteiger partial charge is 0.261 e. The van der Waals surface area contributed by atoms with E-state index in [1.807, 2.05) is 6.07 Å². The first-order valence-electron chi connectivity index (χ1n) is 12.7. The summed E-state index contributed by atoms with van der Waals surface area (Å²) in [6.45, 7) is 3.67. The highest BCUT2D eigenvalue weighted by Gasteiger charge is 2.55. The van der Waals surface area contributed by atoms with Crippen LogP contribution in [0.4, 0.5) is 0 Å². The van der Waals surface area contributed by atoms with Crippen molar-refractivity contribution in [3.63, 3.8) is 0 Å². The Morgan fingerprint density at radius 2 is 2.06 bits per heavy atom. The van der Waals surface area contributed by atoms with Crippen LogP contribution in [0.2, 0.25) is 0 Å². The Balaban J connectivity index is 1.40. The number of pyridine rings is 1. The number of primary amides is 1. The average Bonchev–Trinajstić information content (AvgIpc) is 3.63. The number of H-pyrrole nitrogens is 1. The zero-order valence-corrected chi connectivity index (χ0v) is 20.0. The SMILES string of the molecule is C[C@H](NC(=O)c1cc2c([nH]c1=O)CC13CCN(CC4CC4)[C@H](Cc4ccc(O)cc41)[C@@H]3C2)C(N)=O. The fraction of sp³-hybridized carbons (Fsp3) is 0.519. The maximum absolute atomic E-state index is 12.9. The summed E-state index contributed by atoms with van der Waals surface area (Å²) < 4.78 is 0. The number of likely N-dealkylation sites (tertiary alicyclic amines) is 1. The summed E-state index contributed by atoms with van der Waals surface area (Å²) in [5.74, 6) is 0.185. The molecule has 1 aromatic heterocycles. The lowest BCUT2D eigenvalue weighted by Gasteiger charge is -2.59. The maximum Gasteiger partial charge on any atom is 0.261 e. The van der Waals surface area contributed by atoms with Crippen molar-refractivity contribution in [1.82, 2.24) is 15.2 Å². The highest BCUT2D eigenvalue weighted by Crippen LogP contribution is 2.55. The summed E-state index contributed by atoms with van der Waals surface area (Å²) in [4.78, 5) is 42.7. The Morgan fingerprint density at radius 3 is 2.80 bits per heavy atom. The van der Waals surface area contributed by atoms with Gasteiger partial charge in [0, 0.05) is 23.7 Å². The normalized spacial score (nSPS) is 27.8. The van der Waals surface area contributed by atoms with Crippen LogP contribution >= 0.6 is 0 Å². The van der Waals surface area contributed by atoms with Gasteiger partial charge in [0.25, 0.3) is 11.5 Å². The van der Waals surface area contributed by atoms with Crippen LogP contribution in [0.5, 0.6) is 5.75 Å². The first-order chi connectivity index (χ1) is 16.7. The molecule has 5 N–H and O–H groups in total. The summed E-state index contributed by atoms with van der Waals surface area (Å²) in [7, 11) is 0. The average molecular weight is 477 g/mol. The third kappa shape index (κ3) is 3.66. The van der Waals surface area contributed by atoms with Crippen molar-refractivity contribution in [2.24, 2.45) is 17.6 Å². The van der Waals surface area contributed by atoms with E-state index in [0.717, 1.165) is 49.5 Å². The molecular weight excluding hydrogens is 444 g/mol. The predicted octanol–water partition coefficient (Wildman–Crippen LogP) is 1.38. The molecule has 1 saturated carbocycles. The minimum Gasteiger partial charge on any atom is -0.508 e. The molecular formula is C27H32N4O4. The third-order valence-corrected chi connectivity index (χ3v) is 8.90. The Morgan fingerprint density at radius 1 is 1.26 bits per heavy atom. The van der Waals surface area contributed by atoms with Crippen LogP contribution in [-0.2, 0) is 29.5 Å². The van der Waals surface area contributed by atoms with Gasteiger partial charge in [0.05, 0.1) is 0 Å². The van der Waals surface area contributed by atoms with Gasteiger partial charge in [-0.3, -0.25) is 19.3 Å². The molecule has 1 saturated heterocycles. The largest absolute Gasteiger partial charge is 0.508 e. The minimum absolute atomic E-state index is 0.0154. The fourth-order valence-electron chi connectivity index (χ4n) is 6.88. The molecule has 8 nitrogen and oxygen atoms in total.